The lowest BCUT2D eigenvalue weighted by Crippen LogP contribution is -2.24. The topological polar surface area (TPSA) is 46.9 Å². The van der Waals surface area contributed by atoms with Gasteiger partial charge in [0.15, 0.2) is 0 Å². The molecule has 4 nitrogen and oxygen atoms in total. The van der Waals surface area contributed by atoms with Crippen molar-refractivity contribution in [3.05, 3.63) is 41.8 Å². The zero-order chi connectivity index (χ0) is 14.5. The van der Waals surface area contributed by atoms with E-state index < -0.39 is 0 Å². The zero-order valence-corrected chi connectivity index (χ0v) is 14.4. The highest BCUT2D eigenvalue weighted by Gasteiger charge is 2.08. The number of nitrogens with one attached hydrogen (secondary N) is 1. The van der Waals surface area contributed by atoms with Crippen LogP contribution in [0.1, 0.15) is 4.88 Å². The van der Waals surface area contributed by atoms with E-state index in [0.29, 0.717) is 10.2 Å². The molecular weight excluding hydrogens is 406 g/mol. The fraction of sp³-hybridized carbons (Fsp3) is 0.231. The maximum Gasteiger partial charge on any atom is 0.284 e. The summed E-state index contributed by atoms with van der Waals surface area (Å²) in [4.78, 5) is 13.2. The third-order valence-electron chi connectivity index (χ3n) is 2.54. The molecule has 2 rings (SSSR count). The normalized spacial score (nSPS) is 10.2. The van der Waals surface area contributed by atoms with E-state index in [1.165, 1.54) is 9.56 Å². The predicted octanol–water partition coefficient (Wildman–Crippen LogP) is 3.12. The molecule has 20 heavy (non-hydrogen) atoms. The number of nitrogens with zero attached hydrogens (tertiary/aromatic N) is 2. The van der Waals surface area contributed by atoms with Crippen molar-refractivity contribution in [2.24, 2.45) is 0 Å². The van der Waals surface area contributed by atoms with Gasteiger partial charge in [-0.1, -0.05) is 5.92 Å². The van der Waals surface area contributed by atoms with Crippen molar-refractivity contribution >= 4 is 48.9 Å². The Morgan fingerprint density at radius 3 is 2.90 bits per heavy atom. The fourth-order valence-corrected chi connectivity index (χ4v) is 3.52. The van der Waals surface area contributed by atoms with E-state index in [9.17, 15) is 4.79 Å². The molecule has 2 aromatic heterocycles. The second-order valence-corrected chi connectivity index (χ2v) is 7.26. The molecule has 0 aliphatic rings. The van der Waals surface area contributed by atoms with Gasteiger partial charge in [0.05, 0.1) is 15.7 Å². The van der Waals surface area contributed by atoms with Crippen molar-refractivity contribution < 1.29 is 0 Å². The Bertz CT molecular complexity index is 702. The summed E-state index contributed by atoms with van der Waals surface area (Å²) in [6.45, 7) is 0.896. The minimum Gasteiger partial charge on any atom is -0.382 e. The minimum absolute atomic E-state index is 0.168. The Morgan fingerprint density at radius 1 is 1.45 bits per heavy atom. The molecule has 0 aliphatic heterocycles. The summed E-state index contributed by atoms with van der Waals surface area (Å²) in [6.07, 6.45) is 7.67. The van der Waals surface area contributed by atoms with E-state index in [0.717, 1.165) is 16.8 Å². The number of hydrogen-bond donors (Lipinski definition) is 1. The average Bonchev–Trinajstić information content (AvgIpc) is 2.84. The Labute approximate surface area is 137 Å². The van der Waals surface area contributed by atoms with Crippen LogP contribution in [0.15, 0.2) is 31.4 Å². The van der Waals surface area contributed by atoms with Crippen LogP contribution in [-0.2, 0) is 13.0 Å². The lowest BCUT2D eigenvalue weighted by atomic mass is 10.3. The predicted molar refractivity (Wildman–Crippen MR) is 89.2 cm³/mol. The Hall–Kier alpha value is -1.10. The van der Waals surface area contributed by atoms with Crippen LogP contribution < -0.4 is 10.9 Å². The highest BCUT2D eigenvalue weighted by atomic mass is 79.9. The smallest absolute Gasteiger partial charge is 0.284 e. The van der Waals surface area contributed by atoms with Crippen LogP contribution in [0.3, 0.4) is 0 Å². The standard InChI is InChI=1S/C13H11Br2N3OS/c1-2-7-18-13(19)12(15)10(8-17-18)16-6-5-9-3-4-11(14)20-9/h1,3-4,8,16H,5-7H2. The van der Waals surface area contributed by atoms with Gasteiger partial charge in [-0.2, -0.15) is 5.10 Å². The number of thiophene rings is 1. The number of halogens is 2. The van der Waals surface area contributed by atoms with Crippen molar-refractivity contribution in [2.45, 2.75) is 13.0 Å². The first-order valence-electron chi connectivity index (χ1n) is 5.79. The van der Waals surface area contributed by atoms with E-state index in [1.807, 2.05) is 6.07 Å². The average molecular weight is 417 g/mol. The summed E-state index contributed by atoms with van der Waals surface area (Å²) >= 11 is 8.42. The molecule has 2 heterocycles. The monoisotopic (exact) mass is 415 g/mol. The van der Waals surface area contributed by atoms with Gasteiger partial charge in [0.1, 0.15) is 11.0 Å². The minimum atomic E-state index is -0.230. The first-order valence-corrected chi connectivity index (χ1v) is 8.19. The Balaban J connectivity index is 2.02. The Kier molecular flexibility index (Phi) is 5.40. The maximum absolute atomic E-state index is 11.9. The summed E-state index contributed by atoms with van der Waals surface area (Å²) in [5.41, 5.74) is 0.450. The first kappa shape index (κ1) is 15.3. The van der Waals surface area contributed by atoms with Gasteiger partial charge in [-0.25, -0.2) is 4.68 Å². The number of terminal acetylenes is 1. The van der Waals surface area contributed by atoms with Crippen LogP contribution in [0.5, 0.6) is 0 Å². The summed E-state index contributed by atoms with van der Waals surface area (Å²) in [5.74, 6) is 2.39. The number of aromatic nitrogens is 2. The summed E-state index contributed by atoms with van der Waals surface area (Å²) < 4.78 is 2.81. The maximum atomic E-state index is 11.9. The van der Waals surface area contributed by atoms with Gasteiger partial charge >= 0.3 is 0 Å². The van der Waals surface area contributed by atoms with Gasteiger partial charge in [-0.05, 0) is 50.4 Å². The van der Waals surface area contributed by atoms with Crippen molar-refractivity contribution in [2.75, 3.05) is 11.9 Å². The zero-order valence-electron chi connectivity index (χ0n) is 10.4. The molecule has 0 aliphatic carbocycles. The number of rotatable bonds is 5. The van der Waals surface area contributed by atoms with E-state index in [2.05, 4.69) is 54.3 Å². The molecular formula is C13H11Br2N3OS. The second kappa shape index (κ2) is 7.07. The van der Waals surface area contributed by atoms with Crippen molar-refractivity contribution in [1.29, 1.82) is 0 Å². The molecule has 0 amide bonds. The molecule has 0 unspecified atom stereocenters. The number of hydrogen-bond acceptors (Lipinski definition) is 4. The van der Waals surface area contributed by atoms with Crippen LogP contribution in [0, 0.1) is 12.3 Å². The second-order valence-electron chi connectivity index (χ2n) is 3.92. The number of anilines is 1. The molecule has 7 heteroatoms. The highest BCUT2D eigenvalue weighted by Crippen LogP contribution is 2.22. The van der Waals surface area contributed by atoms with Gasteiger partial charge in [0.25, 0.3) is 5.56 Å². The van der Waals surface area contributed by atoms with Crippen molar-refractivity contribution in [3.8, 4) is 12.3 Å². The van der Waals surface area contributed by atoms with Crippen LogP contribution >= 0.6 is 43.2 Å². The van der Waals surface area contributed by atoms with Crippen LogP contribution in [0.25, 0.3) is 0 Å². The third kappa shape index (κ3) is 3.72. The molecule has 0 bridgehead atoms. The lowest BCUT2D eigenvalue weighted by molar-refractivity contribution is 0.659. The summed E-state index contributed by atoms with van der Waals surface area (Å²) in [5, 5.41) is 7.22. The molecule has 0 saturated carbocycles. The molecule has 0 fully saturated rings. The molecule has 104 valence electrons. The molecule has 0 atom stereocenters. The van der Waals surface area contributed by atoms with Gasteiger partial charge in [-0.3, -0.25) is 4.79 Å². The molecule has 0 aromatic carbocycles. The molecule has 1 N–H and O–H groups in total. The molecule has 0 spiro atoms. The molecule has 0 saturated heterocycles. The van der Waals surface area contributed by atoms with E-state index >= 15 is 0 Å². The Morgan fingerprint density at radius 2 is 2.25 bits per heavy atom. The highest BCUT2D eigenvalue weighted by molar-refractivity contribution is 9.11. The fourth-order valence-electron chi connectivity index (χ4n) is 1.59. The van der Waals surface area contributed by atoms with Crippen LogP contribution in [0.4, 0.5) is 5.69 Å². The van der Waals surface area contributed by atoms with Gasteiger partial charge in [-0.15, -0.1) is 17.8 Å². The lowest BCUT2D eigenvalue weighted by Gasteiger charge is -2.08. The summed E-state index contributed by atoms with van der Waals surface area (Å²) in [6, 6.07) is 4.10. The van der Waals surface area contributed by atoms with E-state index in [-0.39, 0.29) is 12.1 Å². The van der Waals surface area contributed by atoms with Gasteiger partial charge in [0, 0.05) is 11.4 Å². The SMILES string of the molecule is C#CCn1ncc(NCCc2ccc(Br)s2)c(Br)c1=O. The summed E-state index contributed by atoms with van der Waals surface area (Å²) in [7, 11) is 0. The van der Waals surface area contributed by atoms with Gasteiger partial charge in [0.2, 0.25) is 0 Å². The van der Waals surface area contributed by atoms with Gasteiger partial charge < -0.3 is 5.32 Å². The molecule has 2 aromatic rings. The van der Waals surface area contributed by atoms with Crippen molar-refractivity contribution in [3.63, 3.8) is 0 Å². The van der Waals surface area contributed by atoms with Crippen LogP contribution in [0.2, 0.25) is 0 Å². The van der Waals surface area contributed by atoms with Crippen molar-refractivity contribution in [1.82, 2.24) is 9.78 Å². The molecule has 0 radical (unpaired) electrons. The largest absolute Gasteiger partial charge is 0.382 e. The third-order valence-corrected chi connectivity index (χ3v) is 4.99. The van der Waals surface area contributed by atoms with Crippen LogP contribution in [-0.4, -0.2) is 16.3 Å². The van der Waals surface area contributed by atoms with E-state index in [1.54, 1.807) is 17.5 Å². The quantitative estimate of drug-likeness (QED) is 0.761. The first-order chi connectivity index (χ1) is 9.61. The van der Waals surface area contributed by atoms with E-state index in [4.69, 9.17) is 6.42 Å².